The van der Waals surface area contributed by atoms with Crippen LogP contribution in [0.1, 0.15) is 11.1 Å². The highest BCUT2D eigenvalue weighted by Crippen LogP contribution is 2.31. The van der Waals surface area contributed by atoms with E-state index in [4.69, 9.17) is 9.47 Å². The van der Waals surface area contributed by atoms with Crippen molar-refractivity contribution in [2.75, 3.05) is 18.5 Å². The van der Waals surface area contributed by atoms with E-state index in [1.807, 2.05) is 13.0 Å². The number of rotatable bonds is 3. The maximum atomic E-state index is 13.6. The van der Waals surface area contributed by atoms with Crippen LogP contribution >= 0.6 is 0 Å². The molecular weight excluding hydrogens is 297 g/mol. The van der Waals surface area contributed by atoms with E-state index in [2.05, 4.69) is 5.32 Å². The minimum Gasteiger partial charge on any atom is -0.486 e. The first-order valence-corrected chi connectivity index (χ1v) is 7.27. The molecule has 118 valence electrons. The molecule has 2 aromatic carbocycles. The Morgan fingerprint density at radius 2 is 1.91 bits per heavy atom. The molecule has 0 fully saturated rings. The molecule has 0 atom stereocenters. The SMILES string of the molecule is Cc1ccc(F)c(NC(=O)C=Cc2ccc3c(c2)OCCO3)c1. The quantitative estimate of drug-likeness (QED) is 0.882. The molecule has 0 spiro atoms. The van der Waals surface area contributed by atoms with E-state index in [1.54, 1.807) is 30.3 Å². The predicted molar refractivity (Wildman–Crippen MR) is 86.2 cm³/mol. The number of hydrogen-bond donors (Lipinski definition) is 1. The van der Waals surface area contributed by atoms with Gasteiger partial charge >= 0.3 is 0 Å². The van der Waals surface area contributed by atoms with Crippen LogP contribution in [0.15, 0.2) is 42.5 Å². The lowest BCUT2D eigenvalue weighted by Crippen LogP contribution is -2.15. The molecule has 5 heteroatoms. The van der Waals surface area contributed by atoms with E-state index < -0.39 is 11.7 Å². The molecule has 0 aromatic heterocycles. The zero-order chi connectivity index (χ0) is 16.2. The Labute approximate surface area is 133 Å². The Bertz CT molecular complexity index is 771. The third-order valence-electron chi connectivity index (χ3n) is 3.37. The molecule has 1 N–H and O–H groups in total. The van der Waals surface area contributed by atoms with Gasteiger partial charge in [0.2, 0.25) is 5.91 Å². The van der Waals surface area contributed by atoms with E-state index in [9.17, 15) is 9.18 Å². The van der Waals surface area contributed by atoms with Crippen molar-refractivity contribution >= 4 is 17.7 Å². The van der Waals surface area contributed by atoms with Gasteiger partial charge in [-0.3, -0.25) is 4.79 Å². The number of benzene rings is 2. The monoisotopic (exact) mass is 313 g/mol. The normalized spacial score (nSPS) is 13.1. The molecule has 0 radical (unpaired) electrons. The number of ether oxygens (including phenoxy) is 2. The highest BCUT2D eigenvalue weighted by molar-refractivity contribution is 6.02. The molecular formula is C18H16FNO3. The first kappa shape index (κ1) is 15.1. The van der Waals surface area contributed by atoms with Crippen LogP contribution in [-0.4, -0.2) is 19.1 Å². The van der Waals surface area contributed by atoms with E-state index >= 15 is 0 Å². The third-order valence-corrected chi connectivity index (χ3v) is 3.37. The van der Waals surface area contributed by atoms with Crippen LogP contribution in [-0.2, 0) is 4.79 Å². The first-order valence-electron chi connectivity index (χ1n) is 7.27. The van der Waals surface area contributed by atoms with Gasteiger partial charge in [-0.1, -0.05) is 12.1 Å². The van der Waals surface area contributed by atoms with E-state index in [0.29, 0.717) is 24.7 Å². The molecule has 0 bridgehead atoms. The average Bonchev–Trinajstić information content (AvgIpc) is 2.56. The van der Waals surface area contributed by atoms with Crippen molar-refractivity contribution in [3.05, 3.63) is 59.4 Å². The molecule has 0 unspecified atom stereocenters. The van der Waals surface area contributed by atoms with Crippen molar-refractivity contribution < 1.29 is 18.7 Å². The maximum Gasteiger partial charge on any atom is 0.248 e. The molecule has 1 amide bonds. The molecule has 2 aromatic rings. The van der Waals surface area contributed by atoms with Crippen molar-refractivity contribution in [2.24, 2.45) is 0 Å². The predicted octanol–water partition coefficient (Wildman–Crippen LogP) is 3.56. The highest BCUT2D eigenvalue weighted by Gasteiger charge is 2.11. The van der Waals surface area contributed by atoms with Crippen LogP contribution in [0.2, 0.25) is 0 Å². The minimum atomic E-state index is -0.461. The van der Waals surface area contributed by atoms with Crippen LogP contribution < -0.4 is 14.8 Å². The number of carbonyl (C=O) groups excluding carboxylic acids is 1. The van der Waals surface area contributed by atoms with Gasteiger partial charge in [0.05, 0.1) is 5.69 Å². The first-order chi connectivity index (χ1) is 11.1. The van der Waals surface area contributed by atoms with Gasteiger partial charge in [0.25, 0.3) is 0 Å². The summed E-state index contributed by atoms with van der Waals surface area (Å²) < 4.78 is 24.5. The van der Waals surface area contributed by atoms with Crippen LogP contribution in [0.4, 0.5) is 10.1 Å². The Kier molecular flexibility index (Phi) is 4.28. The van der Waals surface area contributed by atoms with Gasteiger partial charge in [-0.15, -0.1) is 0 Å². The second-order valence-corrected chi connectivity index (χ2v) is 5.21. The fourth-order valence-corrected chi connectivity index (χ4v) is 2.24. The second kappa shape index (κ2) is 6.52. The number of halogens is 1. The van der Waals surface area contributed by atoms with Crippen LogP contribution in [0, 0.1) is 12.7 Å². The van der Waals surface area contributed by atoms with Crippen molar-refractivity contribution in [2.45, 2.75) is 6.92 Å². The summed E-state index contributed by atoms with van der Waals surface area (Å²) in [4.78, 5) is 11.9. The molecule has 4 nitrogen and oxygen atoms in total. The lowest BCUT2D eigenvalue weighted by atomic mass is 10.1. The Hall–Kier alpha value is -2.82. The lowest BCUT2D eigenvalue weighted by Gasteiger charge is -2.18. The third kappa shape index (κ3) is 3.69. The van der Waals surface area contributed by atoms with Gasteiger partial charge in [-0.25, -0.2) is 4.39 Å². The van der Waals surface area contributed by atoms with Crippen molar-refractivity contribution in [3.8, 4) is 11.5 Å². The molecule has 3 rings (SSSR count). The van der Waals surface area contributed by atoms with E-state index in [-0.39, 0.29) is 5.69 Å². The summed E-state index contributed by atoms with van der Waals surface area (Å²) in [7, 11) is 0. The molecule has 0 saturated carbocycles. The number of carbonyl (C=O) groups is 1. The smallest absolute Gasteiger partial charge is 0.248 e. The number of anilines is 1. The van der Waals surface area contributed by atoms with Crippen LogP contribution in [0.25, 0.3) is 6.08 Å². The fraction of sp³-hybridized carbons (Fsp3) is 0.167. The topological polar surface area (TPSA) is 47.6 Å². The zero-order valence-corrected chi connectivity index (χ0v) is 12.6. The highest BCUT2D eigenvalue weighted by atomic mass is 19.1. The van der Waals surface area contributed by atoms with Gasteiger partial charge in [0.15, 0.2) is 11.5 Å². The van der Waals surface area contributed by atoms with Crippen LogP contribution in [0.3, 0.4) is 0 Å². The summed E-state index contributed by atoms with van der Waals surface area (Å²) in [6.07, 6.45) is 2.99. The number of amides is 1. The van der Waals surface area contributed by atoms with Gasteiger partial charge in [0, 0.05) is 6.08 Å². The number of aryl methyl sites for hydroxylation is 1. The summed E-state index contributed by atoms with van der Waals surface area (Å²) in [6.45, 7) is 2.88. The summed E-state index contributed by atoms with van der Waals surface area (Å²) in [5.41, 5.74) is 1.84. The molecule has 0 aliphatic carbocycles. The molecule has 1 heterocycles. The van der Waals surface area contributed by atoms with Crippen molar-refractivity contribution in [1.29, 1.82) is 0 Å². The number of fused-ring (bicyclic) bond motifs is 1. The minimum absolute atomic E-state index is 0.168. The Morgan fingerprint density at radius 3 is 2.74 bits per heavy atom. The Morgan fingerprint density at radius 1 is 1.13 bits per heavy atom. The van der Waals surface area contributed by atoms with E-state index in [0.717, 1.165) is 11.1 Å². The zero-order valence-electron chi connectivity index (χ0n) is 12.6. The molecule has 0 saturated heterocycles. The van der Waals surface area contributed by atoms with Gasteiger partial charge < -0.3 is 14.8 Å². The molecule has 1 aliphatic rings. The standard InChI is InChI=1S/C18H16FNO3/c1-12-2-5-14(19)15(10-12)20-18(21)7-4-13-3-6-16-17(11-13)23-9-8-22-16/h2-7,10-11H,8-9H2,1H3,(H,20,21). The number of nitrogens with one attached hydrogen (secondary N) is 1. The van der Waals surface area contributed by atoms with E-state index in [1.165, 1.54) is 12.1 Å². The van der Waals surface area contributed by atoms with Crippen molar-refractivity contribution in [1.82, 2.24) is 0 Å². The summed E-state index contributed by atoms with van der Waals surface area (Å²) >= 11 is 0. The fourth-order valence-electron chi connectivity index (χ4n) is 2.24. The van der Waals surface area contributed by atoms with Crippen LogP contribution in [0.5, 0.6) is 11.5 Å². The molecule has 1 aliphatic heterocycles. The lowest BCUT2D eigenvalue weighted by molar-refractivity contribution is -0.111. The van der Waals surface area contributed by atoms with Gasteiger partial charge in [-0.2, -0.15) is 0 Å². The van der Waals surface area contributed by atoms with Crippen molar-refractivity contribution in [3.63, 3.8) is 0 Å². The number of hydrogen-bond acceptors (Lipinski definition) is 3. The molecule has 23 heavy (non-hydrogen) atoms. The average molecular weight is 313 g/mol. The summed E-state index contributed by atoms with van der Waals surface area (Å²) in [6, 6.07) is 9.99. The largest absolute Gasteiger partial charge is 0.486 e. The summed E-state index contributed by atoms with van der Waals surface area (Å²) in [5.74, 6) is 0.490. The maximum absolute atomic E-state index is 13.6. The summed E-state index contributed by atoms with van der Waals surface area (Å²) in [5, 5.41) is 2.53. The van der Waals surface area contributed by atoms with Gasteiger partial charge in [0.1, 0.15) is 19.0 Å². The Balaban J connectivity index is 1.70. The van der Waals surface area contributed by atoms with Gasteiger partial charge in [-0.05, 0) is 48.4 Å². The second-order valence-electron chi connectivity index (χ2n) is 5.21.